The number of carbonyl (C=O) groups is 1. The first-order chi connectivity index (χ1) is 10.2. The fourth-order valence-electron chi connectivity index (χ4n) is 2.57. The third-order valence-electron chi connectivity index (χ3n) is 3.73. The lowest BCUT2D eigenvalue weighted by Crippen LogP contribution is -2.34. The van der Waals surface area contributed by atoms with Crippen molar-refractivity contribution >= 4 is 12.0 Å². The zero-order valence-corrected chi connectivity index (χ0v) is 11.7. The number of fused-ring (bicyclic) bond motifs is 1. The van der Waals surface area contributed by atoms with Crippen LogP contribution in [-0.4, -0.2) is 22.5 Å². The average Bonchev–Trinajstić information content (AvgIpc) is 2.53. The minimum absolute atomic E-state index is 0.00726. The van der Waals surface area contributed by atoms with E-state index < -0.39 is 0 Å². The van der Waals surface area contributed by atoms with Crippen molar-refractivity contribution in [3.05, 3.63) is 71.3 Å². The summed E-state index contributed by atoms with van der Waals surface area (Å²) in [6.07, 6.45) is 4.28. The zero-order valence-electron chi connectivity index (χ0n) is 11.7. The zero-order chi connectivity index (χ0) is 14.7. The summed E-state index contributed by atoms with van der Waals surface area (Å²) in [5, 5.41) is 9.55. The molecule has 3 rings (SSSR count). The van der Waals surface area contributed by atoms with Gasteiger partial charge >= 0.3 is 0 Å². The molecule has 0 bridgehead atoms. The van der Waals surface area contributed by atoms with E-state index in [1.165, 1.54) is 5.56 Å². The Morgan fingerprint density at radius 2 is 1.90 bits per heavy atom. The Labute approximate surface area is 124 Å². The Bertz CT molecular complexity index is 677. The molecular weight excluding hydrogens is 262 g/mol. The van der Waals surface area contributed by atoms with Crippen molar-refractivity contribution in [3.8, 4) is 5.75 Å². The van der Waals surface area contributed by atoms with Crippen LogP contribution in [0.15, 0.2) is 54.6 Å². The Morgan fingerprint density at radius 3 is 2.71 bits per heavy atom. The topological polar surface area (TPSA) is 40.5 Å². The van der Waals surface area contributed by atoms with Gasteiger partial charge < -0.3 is 10.0 Å². The number of phenols is 1. The highest BCUT2D eigenvalue weighted by Gasteiger charge is 2.19. The predicted octanol–water partition coefficient (Wildman–Crippen LogP) is 2.99. The molecule has 2 aromatic rings. The second-order valence-electron chi connectivity index (χ2n) is 5.21. The summed E-state index contributed by atoms with van der Waals surface area (Å²) in [5.74, 6) is 0.260. The Kier molecular flexibility index (Phi) is 3.73. The van der Waals surface area contributed by atoms with E-state index in [1.807, 2.05) is 42.5 Å². The Hall–Kier alpha value is -2.55. The van der Waals surface area contributed by atoms with E-state index in [4.69, 9.17) is 0 Å². The molecule has 1 aliphatic rings. The van der Waals surface area contributed by atoms with Gasteiger partial charge in [-0.1, -0.05) is 36.4 Å². The maximum absolute atomic E-state index is 12.2. The van der Waals surface area contributed by atoms with Crippen LogP contribution in [0.3, 0.4) is 0 Å². The lowest BCUT2D eigenvalue weighted by atomic mass is 9.99. The monoisotopic (exact) mass is 279 g/mol. The number of carbonyl (C=O) groups excluding carboxylic acids is 1. The fraction of sp³-hybridized carbons (Fsp3) is 0.167. The summed E-state index contributed by atoms with van der Waals surface area (Å²) in [5.41, 5.74) is 3.26. The third kappa shape index (κ3) is 3.14. The van der Waals surface area contributed by atoms with Gasteiger partial charge in [0.2, 0.25) is 5.91 Å². The van der Waals surface area contributed by atoms with Crippen molar-refractivity contribution in [2.75, 3.05) is 6.54 Å². The predicted molar refractivity (Wildman–Crippen MR) is 82.7 cm³/mol. The molecule has 0 saturated carbocycles. The maximum atomic E-state index is 12.2. The quantitative estimate of drug-likeness (QED) is 0.859. The largest absolute Gasteiger partial charge is 0.508 e. The summed E-state index contributed by atoms with van der Waals surface area (Å²) in [7, 11) is 0. The highest BCUT2D eigenvalue weighted by Crippen LogP contribution is 2.23. The molecule has 1 heterocycles. The summed E-state index contributed by atoms with van der Waals surface area (Å²) in [6.45, 7) is 1.28. The van der Waals surface area contributed by atoms with E-state index in [0.29, 0.717) is 6.54 Å². The van der Waals surface area contributed by atoms with Crippen LogP contribution < -0.4 is 0 Å². The molecule has 0 spiro atoms. The molecule has 0 fully saturated rings. The Morgan fingerprint density at radius 1 is 1.10 bits per heavy atom. The standard InChI is InChI=1S/C18H17NO2/c20-17-8-7-15-10-11-19(13-16(15)12-17)18(21)9-6-14-4-2-1-3-5-14/h1-9,12,20H,10-11,13H2/b9-6+. The number of rotatable bonds is 2. The number of aromatic hydroxyl groups is 1. The Balaban J connectivity index is 1.71. The molecule has 21 heavy (non-hydrogen) atoms. The fourth-order valence-corrected chi connectivity index (χ4v) is 2.57. The molecule has 0 aromatic heterocycles. The lowest BCUT2D eigenvalue weighted by Gasteiger charge is -2.28. The second-order valence-corrected chi connectivity index (χ2v) is 5.21. The smallest absolute Gasteiger partial charge is 0.246 e. The number of hydrogen-bond acceptors (Lipinski definition) is 2. The van der Waals surface area contributed by atoms with Gasteiger partial charge in [-0.3, -0.25) is 4.79 Å². The van der Waals surface area contributed by atoms with Crippen LogP contribution in [0, 0.1) is 0 Å². The first-order valence-corrected chi connectivity index (χ1v) is 7.05. The maximum Gasteiger partial charge on any atom is 0.246 e. The van der Waals surface area contributed by atoms with Crippen LogP contribution in [0.1, 0.15) is 16.7 Å². The van der Waals surface area contributed by atoms with Crippen LogP contribution in [0.2, 0.25) is 0 Å². The van der Waals surface area contributed by atoms with Gasteiger partial charge in [-0.05, 0) is 41.3 Å². The van der Waals surface area contributed by atoms with E-state index in [0.717, 1.165) is 24.1 Å². The number of phenolic OH excluding ortho intramolecular Hbond substituents is 1. The normalized spacial score (nSPS) is 14.2. The van der Waals surface area contributed by atoms with Gasteiger partial charge in [-0.2, -0.15) is 0 Å². The van der Waals surface area contributed by atoms with Crippen LogP contribution >= 0.6 is 0 Å². The number of nitrogens with zero attached hydrogens (tertiary/aromatic N) is 1. The first-order valence-electron chi connectivity index (χ1n) is 7.05. The van der Waals surface area contributed by atoms with Crippen molar-refractivity contribution < 1.29 is 9.90 Å². The van der Waals surface area contributed by atoms with Gasteiger partial charge in [0.15, 0.2) is 0 Å². The van der Waals surface area contributed by atoms with Gasteiger partial charge in [0.1, 0.15) is 5.75 Å². The van der Waals surface area contributed by atoms with E-state index in [2.05, 4.69) is 0 Å². The van der Waals surface area contributed by atoms with Crippen LogP contribution in [-0.2, 0) is 17.8 Å². The van der Waals surface area contributed by atoms with Gasteiger partial charge in [0.05, 0.1) is 0 Å². The van der Waals surface area contributed by atoms with Gasteiger partial charge in [0.25, 0.3) is 0 Å². The molecule has 0 unspecified atom stereocenters. The van der Waals surface area contributed by atoms with Crippen molar-refractivity contribution in [3.63, 3.8) is 0 Å². The molecule has 0 atom stereocenters. The molecule has 0 saturated heterocycles. The third-order valence-corrected chi connectivity index (χ3v) is 3.73. The SMILES string of the molecule is O=C(/C=C/c1ccccc1)N1CCc2ccc(O)cc2C1. The van der Waals surface area contributed by atoms with E-state index in [-0.39, 0.29) is 11.7 Å². The molecule has 1 amide bonds. The van der Waals surface area contributed by atoms with Gasteiger partial charge in [-0.15, -0.1) is 0 Å². The summed E-state index contributed by atoms with van der Waals surface area (Å²) in [4.78, 5) is 14.0. The first kappa shape index (κ1) is 13.4. The van der Waals surface area contributed by atoms with Crippen LogP contribution in [0.4, 0.5) is 0 Å². The van der Waals surface area contributed by atoms with Crippen molar-refractivity contribution in [1.29, 1.82) is 0 Å². The molecule has 3 nitrogen and oxygen atoms in total. The second kappa shape index (κ2) is 5.83. The average molecular weight is 279 g/mol. The lowest BCUT2D eigenvalue weighted by molar-refractivity contribution is -0.126. The van der Waals surface area contributed by atoms with Gasteiger partial charge in [-0.25, -0.2) is 0 Å². The molecule has 106 valence electrons. The van der Waals surface area contributed by atoms with E-state index >= 15 is 0 Å². The molecule has 2 aromatic carbocycles. The highest BCUT2D eigenvalue weighted by atomic mass is 16.3. The number of hydrogen-bond donors (Lipinski definition) is 1. The van der Waals surface area contributed by atoms with Gasteiger partial charge in [0, 0.05) is 19.2 Å². The van der Waals surface area contributed by atoms with Crippen molar-refractivity contribution in [2.24, 2.45) is 0 Å². The van der Waals surface area contributed by atoms with Crippen molar-refractivity contribution in [1.82, 2.24) is 4.90 Å². The van der Waals surface area contributed by atoms with Crippen LogP contribution in [0.25, 0.3) is 6.08 Å². The molecular formula is C18H17NO2. The minimum atomic E-state index is 0.00726. The number of benzene rings is 2. The van der Waals surface area contributed by atoms with Crippen molar-refractivity contribution in [2.45, 2.75) is 13.0 Å². The minimum Gasteiger partial charge on any atom is -0.508 e. The van der Waals surface area contributed by atoms with E-state index in [9.17, 15) is 9.90 Å². The summed E-state index contributed by atoms with van der Waals surface area (Å²) < 4.78 is 0. The molecule has 0 aliphatic carbocycles. The number of amides is 1. The summed E-state index contributed by atoms with van der Waals surface area (Å²) >= 11 is 0. The van der Waals surface area contributed by atoms with E-state index in [1.54, 1.807) is 23.1 Å². The molecule has 0 radical (unpaired) electrons. The van der Waals surface area contributed by atoms with Crippen LogP contribution in [0.5, 0.6) is 5.75 Å². The summed E-state index contributed by atoms with van der Waals surface area (Å²) in [6, 6.07) is 15.2. The molecule has 1 aliphatic heterocycles. The molecule has 3 heteroatoms. The molecule has 1 N–H and O–H groups in total. The highest BCUT2D eigenvalue weighted by molar-refractivity contribution is 5.91.